The second kappa shape index (κ2) is 7.74. The Hall–Kier alpha value is -2.60. The number of fused-ring (bicyclic) bond motifs is 2. The lowest BCUT2D eigenvalue weighted by Gasteiger charge is -2.26. The van der Waals surface area contributed by atoms with Crippen molar-refractivity contribution in [1.29, 1.82) is 0 Å². The highest BCUT2D eigenvalue weighted by Gasteiger charge is 2.22. The van der Waals surface area contributed by atoms with Crippen molar-refractivity contribution in [2.45, 2.75) is 12.5 Å². The third-order valence-electron chi connectivity index (χ3n) is 4.46. The van der Waals surface area contributed by atoms with Crippen molar-refractivity contribution >= 4 is 0 Å². The number of benzene rings is 2. The predicted octanol–water partition coefficient (Wildman–Crippen LogP) is 2.44. The summed E-state index contributed by atoms with van der Waals surface area (Å²) in [5.74, 6) is 3.80. The first-order valence-corrected chi connectivity index (χ1v) is 8.90. The molecule has 1 atom stereocenters. The van der Waals surface area contributed by atoms with Gasteiger partial charge in [-0.1, -0.05) is 18.2 Å². The molecule has 2 aliphatic heterocycles. The first-order valence-electron chi connectivity index (χ1n) is 8.90. The summed E-state index contributed by atoms with van der Waals surface area (Å²) in [6.45, 7) is 3.13. The zero-order valence-electron chi connectivity index (χ0n) is 14.8. The van der Waals surface area contributed by atoms with E-state index in [1.54, 1.807) is 7.11 Å². The number of para-hydroxylation sites is 2. The number of nitrogens with one attached hydrogen (secondary N) is 1. The summed E-state index contributed by atoms with van der Waals surface area (Å²) in [6, 6.07) is 11.7. The van der Waals surface area contributed by atoms with E-state index in [2.05, 4.69) is 5.32 Å². The van der Waals surface area contributed by atoms with Gasteiger partial charge in [-0.25, -0.2) is 0 Å². The zero-order valence-corrected chi connectivity index (χ0v) is 14.8. The summed E-state index contributed by atoms with van der Waals surface area (Å²) in [5.41, 5.74) is 1.17. The van der Waals surface area contributed by atoms with Crippen LogP contribution in [0.1, 0.15) is 5.56 Å². The van der Waals surface area contributed by atoms with Crippen molar-refractivity contribution in [3.63, 3.8) is 0 Å². The van der Waals surface area contributed by atoms with Crippen LogP contribution in [0.15, 0.2) is 36.4 Å². The lowest BCUT2D eigenvalue weighted by atomic mass is 10.1. The maximum Gasteiger partial charge on any atom is 0.203 e. The molecular weight excluding hydrogens is 334 g/mol. The Bertz CT molecular complexity index is 764. The standard InChI is InChI=1S/C20H23NO5/c1-22-18-7-6-14-8-10-23-19(14)20(18)24-11-9-21-12-15-13-25-16-4-2-3-5-17(16)26-15/h2-7,15,21H,8-13H2,1H3/t15-/m0/s1. The topological polar surface area (TPSA) is 58.2 Å². The largest absolute Gasteiger partial charge is 0.493 e. The van der Waals surface area contributed by atoms with Crippen LogP contribution >= 0.6 is 0 Å². The molecule has 6 nitrogen and oxygen atoms in total. The van der Waals surface area contributed by atoms with Crippen LogP contribution in [-0.4, -0.2) is 46.1 Å². The zero-order chi connectivity index (χ0) is 17.8. The molecule has 6 heteroatoms. The van der Waals surface area contributed by atoms with Gasteiger partial charge in [0, 0.05) is 25.1 Å². The fourth-order valence-electron chi connectivity index (χ4n) is 3.15. The Morgan fingerprint density at radius 3 is 2.88 bits per heavy atom. The molecule has 1 N–H and O–H groups in total. The molecule has 0 amide bonds. The highest BCUT2D eigenvalue weighted by molar-refractivity contribution is 5.57. The van der Waals surface area contributed by atoms with Gasteiger partial charge in [0.2, 0.25) is 5.75 Å². The molecule has 0 radical (unpaired) electrons. The first-order chi connectivity index (χ1) is 12.8. The van der Waals surface area contributed by atoms with E-state index in [0.717, 1.165) is 23.7 Å². The fraction of sp³-hybridized carbons (Fsp3) is 0.400. The highest BCUT2D eigenvalue weighted by atomic mass is 16.6. The van der Waals surface area contributed by atoms with Crippen LogP contribution in [0.5, 0.6) is 28.7 Å². The molecule has 26 heavy (non-hydrogen) atoms. The molecule has 2 heterocycles. The minimum atomic E-state index is -0.0104. The van der Waals surface area contributed by atoms with Crippen molar-refractivity contribution in [3.8, 4) is 28.7 Å². The van der Waals surface area contributed by atoms with Gasteiger partial charge in [-0.05, 0) is 18.2 Å². The van der Waals surface area contributed by atoms with Crippen molar-refractivity contribution in [1.82, 2.24) is 5.32 Å². The molecule has 2 aliphatic rings. The lowest BCUT2D eigenvalue weighted by molar-refractivity contribution is 0.0896. The molecule has 0 unspecified atom stereocenters. The summed E-state index contributed by atoms with van der Waals surface area (Å²) in [5, 5.41) is 3.35. The van der Waals surface area contributed by atoms with Gasteiger partial charge in [0.1, 0.15) is 19.3 Å². The normalized spacial score (nSPS) is 17.3. The fourth-order valence-corrected chi connectivity index (χ4v) is 3.15. The van der Waals surface area contributed by atoms with Gasteiger partial charge in [-0.2, -0.15) is 0 Å². The summed E-state index contributed by atoms with van der Waals surface area (Å²) in [7, 11) is 1.64. The second-order valence-electron chi connectivity index (χ2n) is 6.23. The van der Waals surface area contributed by atoms with Crippen LogP contribution in [0, 0.1) is 0 Å². The maximum atomic E-state index is 5.93. The molecule has 0 bridgehead atoms. The molecule has 2 aromatic carbocycles. The van der Waals surface area contributed by atoms with Crippen LogP contribution in [-0.2, 0) is 6.42 Å². The van der Waals surface area contributed by atoms with Crippen molar-refractivity contribution < 1.29 is 23.7 Å². The molecule has 138 valence electrons. The van der Waals surface area contributed by atoms with Crippen molar-refractivity contribution in [2.24, 2.45) is 0 Å². The molecule has 0 spiro atoms. The summed E-state index contributed by atoms with van der Waals surface area (Å²) < 4.78 is 28.7. The van der Waals surface area contributed by atoms with Crippen LogP contribution in [0.25, 0.3) is 0 Å². The van der Waals surface area contributed by atoms with Gasteiger partial charge in [0.25, 0.3) is 0 Å². The van der Waals surface area contributed by atoms with Gasteiger partial charge in [0.15, 0.2) is 23.0 Å². The highest BCUT2D eigenvalue weighted by Crippen LogP contribution is 2.42. The lowest BCUT2D eigenvalue weighted by Crippen LogP contribution is -2.39. The van der Waals surface area contributed by atoms with E-state index in [1.807, 2.05) is 36.4 Å². The number of methoxy groups -OCH3 is 1. The van der Waals surface area contributed by atoms with E-state index >= 15 is 0 Å². The Labute approximate surface area is 153 Å². The Morgan fingerprint density at radius 1 is 1.12 bits per heavy atom. The summed E-state index contributed by atoms with van der Waals surface area (Å²) in [4.78, 5) is 0. The number of rotatable bonds is 7. The van der Waals surface area contributed by atoms with Gasteiger partial charge >= 0.3 is 0 Å². The third-order valence-corrected chi connectivity index (χ3v) is 4.46. The molecule has 0 fully saturated rings. The Kier molecular flexibility index (Phi) is 5.02. The predicted molar refractivity (Wildman–Crippen MR) is 96.9 cm³/mol. The minimum absolute atomic E-state index is 0.0104. The second-order valence-corrected chi connectivity index (χ2v) is 6.23. The van der Waals surface area contributed by atoms with Crippen LogP contribution < -0.4 is 29.0 Å². The minimum Gasteiger partial charge on any atom is -0.493 e. The monoisotopic (exact) mass is 357 g/mol. The molecule has 0 saturated heterocycles. The van der Waals surface area contributed by atoms with Crippen molar-refractivity contribution in [3.05, 3.63) is 42.0 Å². The van der Waals surface area contributed by atoms with Crippen LogP contribution in [0.2, 0.25) is 0 Å². The van der Waals surface area contributed by atoms with Gasteiger partial charge in [-0.3, -0.25) is 0 Å². The Balaban J connectivity index is 1.25. The SMILES string of the molecule is COc1ccc2c(c1OCCNC[C@H]1COc3ccccc3O1)OCC2. The molecule has 0 saturated carbocycles. The molecule has 0 aromatic heterocycles. The summed E-state index contributed by atoms with van der Waals surface area (Å²) >= 11 is 0. The average Bonchev–Trinajstić information content (AvgIpc) is 3.16. The number of ether oxygens (including phenoxy) is 5. The van der Waals surface area contributed by atoms with Crippen LogP contribution in [0.4, 0.5) is 0 Å². The van der Waals surface area contributed by atoms with E-state index in [4.69, 9.17) is 23.7 Å². The first kappa shape index (κ1) is 16.8. The average molecular weight is 357 g/mol. The number of hydrogen-bond acceptors (Lipinski definition) is 6. The van der Waals surface area contributed by atoms with Crippen molar-refractivity contribution in [2.75, 3.05) is 40.0 Å². The Morgan fingerprint density at radius 2 is 2.00 bits per heavy atom. The smallest absolute Gasteiger partial charge is 0.203 e. The van der Waals surface area contributed by atoms with E-state index in [0.29, 0.717) is 44.4 Å². The molecule has 4 rings (SSSR count). The van der Waals surface area contributed by atoms with Gasteiger partial charge in [0.05, 0.1) is 13.7 Å². The third kappa shape index (κ3) is 3.51. The number of hydrogen-bond donors (Lipinski definition) is 1. The van der Waals surface area contributed by atoms with Crippen LogP contribution in [0.3, 0.4) is 0 Å². The quantitative estimate of drug-likeness (QED) is 0.768. The molecule has 0 aliphatic carbocycles. The van der Waals surface area contributed by atoms with E-state index in [-0.39, 0.29) is 6.10 Å². The maximum absolute atomic E-state index is 5.93. The van der Waals surface area contributed by atoms with Gasteiger partial charge < -0.3 is 29.0 Å². The van der Waals surface area contributed by atoms with E-state index in [1.165, 1.54) is 5.56 Å². The summed E-state index contributed by atoms with van der Waals surface area (Å²) in [6.07, 6.45) is 0.901. The van der Waals surface area contributed by atoms with E-state index < -0.39 is 0 Å². The van der Waals surface area contributed by atoms with Gasteiger partial charge in [-0.15, -0.1) is 0 Å². The van der Waals surface area contributed by atoms with E-state index in [9.17, 15) is 0 Å². The molecule has 2 aromatic rings. The molecular formula is C20H23NO5.